The average Bonchev–Trinajstić information content (AvgIpc) is 3.27. The number of esters is 3. The van der Waals surface area contributed by atoms with Gasteiger partial charge in [0.05, 0.1) is 0 Å². The van der Waals surface area contributed by atoms with Gasteiger partial charge in [-0.05, 0) is 51.4 Å². The summed E-state index contributed by atoms with van der Waals surface area (Å²) in [5.74, 6) is -0.868. The monoisotopic (exact) mass is 873 g/mol. The number of unbranched alkanes of at least 4 members (excludes halogenated alkanes) is 35. The van der Waals surface area contributed by atoms with Gasteiger partial charge in [0.1, 0.15) is 13.2 Å². The van der Waals surface area contributed by atoms with Crippen LogP contribution >= 0.6 is 0 Å². The molecule has 0 spiro atoms. The van der Waals surface area contributed by atoms with Gasteiger partial charge in [-0.15, -0.1) is 0 Å². The van der Waals surface area contributed by atoms with Crippen molar-refractivity contribution in [3.63, 3.8) is 0 Å². The second-order valence-corrected chi connectivity index (χ2v) is 18.5. The molecule has 0 rings (SSSR count). The molecule has 0 radical (unpaired) electrons. The Labute approximate surface area is 385 Å². The molecule has 0 aliphatic carbocycles. The molecule has 0 saturated heterocycles. The van der Waals surface area contributed by atoms with Gasteiger partial charge in [-0.3, -0.25) is 14.4 Å². The molecule has 0 aliphatic rings. The molecule has 0 amide bonds. The van der Waals surface area contributed by atoms with Gasteiger partial charge in [0, 0.05) is 19.3 Å². The first-order valence-corrected chi connectivity index (χ1v) is 27.3. The zero-order valence-electron chi connectivity index (χ0n) is 41.7. The van der Waals surface area contributed by atoms with Crippen LogP contribution in [0.3, 0.4) is 0 Å². The number of allylic oxidation sites excluding steroid dienone is 4. The van der Waals surface area contributed by atoms with Gasteiger partial charge in [-0.25, -0.2) is 0 Å². The van der Waals surface area contributed by atoms with E-state index in [0.29, 0.717) is 19.3 Å². The number of rotatable bonds is 50. The van der Waals surface area contributed by atoms with Gasteiger partial charge in [-0.2, -0.15) is 0 Å². The van der Waals surface area contributed by atoms with Gasteiger partial charge in [0.15, 0.2) is 6.10 Å². The molecule has 0 aromatic rings. The van der Waals surface area contributed by atoms with Crippen LogP contribution in [-0.4, -0.2) is 37.2 Å². The van der Waals surface area contributed by atoms with Gasteiger partial charge in [-0.1, -0.05) is 251 Å². The molecule has 0 heterocycles. The Morgan fingerprint density at radius 3 is 0.919 bits per heavy atom. The number of hydrogen-bond acceptors (Lipinski definition) is 6. The van der Waals surface area contributed by atoms with Crippen molar-refractivity contribution < 1.29 is 28.6 Å². The van der Waals surface area contributed by atoms with Crippen LogP contribution in [0.4, 0.5) is 0 Å². The fourth-order valence-electron chi connectivity index (χ4n) is 8.06. The molecule has 1 atom stereocenters. The van der Waals surface area contributed by atoms with Crippen LogP contribution in [-0.2, 0) is 28.6 Å². The highest BCUT2D eigenvalue weighted by Gasteiger charge is 2.19. The van der Waals surface area contributed by atoms with Crippen LogP contribution < -0.4 is 0 Å². The van der Waals surface area contributed by atoms with Gasteiger partial charge in [0.25, 0.3) is 0 Å². The fourth-order valence-corrected chi connectivity index (χ4v) is 8.06. The minimum atomic E-state index is -0.772. The Bertz CT molecular complexity index is 1000. The standard InChI is InChI=1S/C56H104O6/c1-4-7-10-13-16-19-22-25-27-29-31-34-37-40-43-46-49-55(58)61-52-53(51-60-54(57)48-45-42-39-36-33-30-24-21-18-15-12-9-6-3)62-56(59)50-47-44-41-38-35-32-28-26-23-20-17-14-11-8-5-2/h17,20,26,28,53H,4-16,18-19,21-25,27,29-52H2,1-3H3/b20-17-,28-26-. The van der Waals surface area contributed by atoms with Crippen LogP contribution in [0.2, 0.25) is 0 Å². The lowest BCUT2D eigenvalue weighted by molar-refractivity contribution is -0.167. The molecular weight excluding hydrogens is 769 g/mol. The number of ether oxygens (including phenoxy) is 3. The Balaban J connectivity index is 4.35. The fraction of sp³-hybridized carbons (Fsp3) is 0.875. The molecule has 0 aliphatic heterocycles. The average molecular weight is 873 g/mol. The molecular formula is C56H104O6. The lowest BCUT2D eigenvalue weighted by Crippen LogP contribution is -2.30. The highest BCUT2D eigenvalue weighted by Crippen LogP contribution is 2.16. The first-order chi connectivity index (χ1) is 30.5. The number of carbonyl (C=O) groups excluding carboxylic acids is 3. The molecule has 0 aromatic carbocycles. The lowest BCUT2D eigenvalue weighted by atomic mass is 10.0. The van der Waals surface area contributed by atoms with Crippen LogP contribution in [0.1, 0.15) is 297 Å². The second kappa shape index (κ2) is 51.5. The summed E-state index contributed by atoms with van der Waals surface area (Å²) in [6.45, 7) is 6.64. The van der Waals surface area contributed by atoms with Crippen LogP contribution in [0.25, 0.3) is 0 Å². The van der Waals surface area contributed by atoms with E-state index in [1.807, 2.05) is 0 Å². The van der Waals surface area contributed by atoms with Crippen LogP contribution in [0.5, 0.6) is 0 Å². The smallest absolute Gasteiger partial charge is 0.306 e. The largest absolute Gasteiger partial charge is 0.462 e. The predicted molar refractivity (Wildman–Crippen MR) is 266 cm³/mol. The maximum absolute atomic E-state index is 12.8. The number of carbonyl (C=O) groups is 3. The highest BCUT2D eigenvalue weighted by molar-refractivity contribution is 5.71. The molecule has 0 saturated carbocycles. The third-order valence-electron chi connectivity index (χ3n) is 12.2. The molecule has 0 N–H and O–H groups in total. The van der Waals surface area contributed by atoms with Crippen LogP contribution in [0.15, 0.2) is 24.3 Å². The van der Waals surface area contributed by atoms with E-state index in [2.05, 4.69) is 45.1 Å². The third kappa shape index (κ3) is 48.9. The maximum Gasteiger partial charge on any atom is 0.306 e. The van der Waals surface area contributed by atoms with Gasteiger partial charge < -0.3 is 14.2 Å². The van der Waals surface area contributed by atoms with Gasteiger partial charge >= 0.3 is 17.9 Å². The second-order valence-electron chi connectivity index (χ2n) is 18.5. The summed E-state index contributed by atoms with van der Waals surface area (Å²) >= 11 is 0. The minimum Gasteiger partial charge on any atom is -0.462 e. The van der Waals surface area contributed by atoms with Gasteiger partial charge in [0.2, 0.25) is 0 Å². The molecule has 0 fully saturated rings. The summed E-state index contributed by atoms with van der Waals surface area (Å²) < 4.78 is 16.8. The van der Waals surface area contributed by atoms with Crippen molar-refractivity contribution in [2.45, 2.75) is 303 Å². The minimum absolute atomic E-state index is 0.0718. The SMILES string of the molecule is CCCCC/C=C\C/C=C\CCCCCCCC(=O)OC(COC(=O)CCCCCCCCCCCCCCC)COC(=O)CCCCCCCCCCCCCCCCCC. The molecule has 0 bridgehead atoms. The van der Waals surface area contributed by atoms with Crippen molar-refractivity contribution in [3.8, 4) is 0 Å². The van der Waals surface area contributed by atoms with E-state index in [4.69, 9.17) is 14.2 Å². The summed E-state index contributed by atoms with van der Waals surface area (Å²) in [7, 11) is 0. The topological polar surface area (TPSA) is 78.9 Å². The normalized spacial score (nSPS) is 12.1. The van der Waals surface area contributed by atoms with Crippen molar-refractivity contribution in [1.29, 1.82) is 0 Å². The summed E-state index contributed by atoms with van der Waals surface area (Å²) in [5.41, 5.74) is 0. The van der Waals surface area contributed by atoms with Crippen molar-refractivity contribution in [2.24, 2.45) is 0 Å². The molecule has 62 heavy (non-hydrogen) atoms. The maximum atomic E-state index is 12.8. The molecule has 6 nitrogen and oxygen atoms in total. The summed E-state index contributed by atoms with van der Waals surface area (Å²) in [4.78, 5) is 38.0. The van der Waals surface area contributed by atoms with E-state index in [0.717, 1.165) is 77.0 Å². The Morgan fingerprint density at radius 1 is 0.323 bits per heavy atom. The van der Waals surface area contributed by atoms with Crippen molar-refractivity contribution >= 4 is 17.9 Å². The van der Waals surface area contributed by atoms with E-state index in [1.54, 1.807) is 0 Å². The number of hydrogen-bond donors (Lipinski definition) is 0. The highest BCUT2D eigenvalue weighted by atomic mass is 16.6. The Hall–Kier alpha value is -2.11. The van der Waals surface area contributed by atoms with E-state index in [1.165, 1.54) is 180 Å². The summed E-state index contributed by atoms with van der Waals surface area (Å²) in [6, 6.07) is 0. The first-order valence-electron chi connectivity index (χ1n) is 27.3. The van der Waals surface area contributed by atoms with E-state index < -0.39 is 6.10 Å². The van der Waals surface area contributed by atoms with Crippen molar-refractivity contribution in [3.05, 3.63) is 24.3 Å². The zero-order valence-corrected chi connectivity index (χ0v) is 41.7. The molecule has 364 valence electrons. The van der Waals surface area contributed by atoms with E-state index >= 15 is 0 Å². The lowest BCUT2D eigenvalue weighted by Gasteiger charge is -2.18. The third-order valence-corrected chi connectivity index (χ3v) is 12.2. The Morgan fingerprint density at radius 2 is 0.581 bits per heavy atom. The molecule has 0 aromatic heterocycles. The van der Waals surface area contributed by atoms with Crippen molar-refractivity contribution in [1.82, 2.24) is 0 Å². The predicted octanol–water partition coefficient (Wildman–Crippen LogP) is 17.9. The Kier molecular flexibility index (Phi) is 49.8. The van der Waals surface area contributed by atoms with Crippen molar-refractivity contribution in [2.75, 3.05) is 13.2 Å². The molecule has 6 heteroatoms. The zero-order chi connectivity index (χ0) is 45.1. The summed E-state index contributed by atoms with van der Waals surface area (Å²) in [5, 5.41) is 0. The van der Waals surface area contributed by atoms with E-state index in [9.17, 15) is 14.4 Å². The van der Waals surface area contributed by atoms with Crippen LogP contribution in [0, 0.1) is 0 Å². The summed E-state index contributed by atoms with van der Waals surface area (Å²) in [6.07, 6.45) is 58.7. The van der Waals surface area contributed by atoms with E-state index in [-0.39, 0.29) is 31.1 Å². The quantitative estimate of drug-likeness (QED) is 0.0262. The molecule has 1 unspecified atom stereocenters. The first kappa shape index (κ1) is 59.9.